The lowest BCUT2D eigenvalue weighted by molar-refractivity contribution is -0.153. The number of carbonyl (C=O) groups excluding carboxylic acids is 1. The third kappa shape index (κ3) is 4.18. The number of ether oxygens (including phenoxy) is 2. The van der Waals surface area contributed by atoms with Gasteiger partial charge in [0.2, 0.25) is 5.60 Å². The molecule has 4 heterocycles. The Morgan fingerprint density at radius 1 is 1.24 bits per heavy atom. The summed E-state index contributed by atoms with van der Waals surface area (Å²) < 4.78 is 13.4. The van der Waals surface area contributed by atoms with Crippen LogP contribution >= 0.6 is 0 Å². The fourth-order valence-corrected chi connectivity index (χ4v) is 4.67. The molecule has 0 unspecified atom stereocenters. The monoisotopic (exact) mass is 448 g/mol. The molecule has 2 aliphatic heterocycles. The molecule has 1 aromatic carbocycles. The summed E-state index contributed by atoms with van der Waals surface area (Å²) in [4.78, 5) is 25.8. The van der Waals surface area contributed by atoms with Crippen LogP contribution in [-0.2, 0) is 20.8 Å². The molecule has 0 N–H and O–H groups in total. The molecule has 0 bridgehead atoms. The number of rotatable bonds is 5. The summed E-state index contributed by atoms with van der Waals surface area (Å²) in [6, 6.07) is 11.7. The summed E-state index contributed by atoms with van der Waals surface area (Å²) in [7, 11) is 1.63. The van der Waals surface area contributed by atoms with Gasteiger partial charge in [0.05, 0.1) is 37.2 Å². The van der Waals surface area contributed by atoms with Crippen molar-refractivity contribution in [3.8, 4) is 5.75 Å². The second-order valence-corrected chi connectivity index (χ2v) is 8.81. The van der Waals surface area contributed by atoms with E-state index in [2.05, 4.69) is 20.6 Å². The van der Waals surface area contributed by atoms with Gasteiger partial charge >= 0.3 is 0 Å². The number of nitrogens with zero attached hydrogens (tertiary/aromatic N) is 4. The van der Waals surface area contributed by atoms with Gasteiger partial charge in [0, 0.05) is 49.6 Å². The first-order valence-corrected chi connectivity index (χ1v) is 11.2. The van der Waals surface area contributed by atoms with Crippen LogP contribution in [-0.4, -0.2) is 64.9 Å². The molecule has 172 valence electrons. The summed E-state index contributed by atoms with van der Waals surface area (Å²) in [6.07, 6.45) is 6.89. The smallest absolute Gasteiger partial charge is 0.269 e. The molecule has 5 rings (SSSR count). The average Bonchev–Trinajstić information content (AvgIpc) is 3.41. The molecule has 1 saturated heterocycles. The SMILES string of the molecule is COc1ccccc1C1=NO[C@](C)(C(=O)N2CCOC[C@H](Cc3nccn4cccc34)C2)C1. The van der Waals surface area contributed by atoms with Gasteiger partial charge in [-0.2, -0.15) is 0 Å². The molecule has 33 heavy (non-hydrogen) atoms. The van der Waals surface area contributed by atoms with Crippen LogP contribution in [0.3, 0.4) is 0 Å². The van der Waals surface area contributed by atoms with Crippen molar-refractivity contribution < 1.29 is 19.1 Å². The lowest BCUT2D eigenvalue weighted by Gasteiger charge is -2.30. The summed E-state index contributed by atoms with van der Waals surface area (Å²) in [5.74, 6) is 0.789. The van der Waals surface area contributed by atoms with Crippen molar-refractivity contribution >= 4 is 17.1 Å². The van der Waals surface area contributed by atoms with E-state index in [1.807, 2.05) is 60.7 Å². The summed E-state index contributed by atoms with van der Waals surface area (Å²) in [6.45, 7) is 4.02. The first-order chi connectivity index (χ1) is 16.1. The van der Waals surface area contributed by atoms with Gasteiger partial charge in [-0.05, 0) is 37.6 Å². The van der Waals surface area contributed by atoms with Gasteiger partial charge in [0.15, 0.2) is 0 Å². The number of carbonyl (C=O) groups is 1. The summed E-state index contributed by atoms with van der Waals surface area (Å²) in [5, 5.41) is 4.27. The maximum atomic E-state index is 13.6. The van der Waals surface area contributed by atoms with E-state index in [9.17, 15) is 4.79 Å². The van der Waals surface area contributed by atoms with E-state index < -0.39 is 5.60 Å². The van der Waals surface area contributed by atoms with E-state index in [0.717, 1.165) is 28.9 Å². The standard InChI is InChI=1S/C25H28N4O4/c1-25(15-21(27-33-25)19-6-3-4-8-23(19)31-2)24(30)29-12-13-32-17-18(16-29)14-20-22-7-5-10-28(22)11-9-26-20/h3-11,18H,12-17H2,1-2H3/t18-,25+/m1/s1. The highest BCUT2D eigenvalue weighted by Gasteiger charge is 2.45. The minimum atomic E-state index is -1.05. The zero-order valence-corrected chi connectivity index (χ0v) is 18.9. The third-order valence-electron chi connectivity index (χ3n) is 6.37. The topological polar surface area (TPSA) is 77.7 Å². The van der Waals surface area contributed by atoms with Crippen LogP contribution in [0.1, 0.15) is 24.6 Å². The molecular weight excluding hydrogens is 420 g/mol. The first-order valence-electron chi connectivity index (χ1n) is 11.2. The lowest BCUT2D eigenvalue weighted by atomic mass is 9.93. The first kappa shape index (κ1) is 21.5. The van der Waals surface area contributed by atoms with Crippen LogP contribution in [0.15, 0.2) is 60.1 Å². The van der Waals surface area contributed by atoms with Crippen LogP contribution in [0.2, 0.25) is 0 Å². The number of benzene rings is 1. The fraction of sp³-hybridized carbons (Fsp3) is 0.400. The van der Waals surface area contributed by atoms with E-state index in [1.165, 1.54) is 0 Å². The molecule has 0 aliphatic carbocycles. The van der Waals surface area contributed by atoms with Gasteiger partial charge in [-0.15, -0.1) is 0 Å². The van der Waals surface area contributed by atoms with Gasteiger partial charge < -0.3 is 23.6 Å². The second kappa shape index (κ2) is 8.86. The van der Waals surface area contributed by atoms with Gasteiger partial charge in [0.25, 0.3) is 5.91 Å². The number of fused-ring (bicyclic) bond motifs is 1. The number of hydrogen-bond acceptors (Lipinski definition) is 6. The Kier molecular flexibility index (Phi) is 5.76. The van der Waals surface area contributed by atoms with Gasteiger partial charge in [0.1, 0.15) is 5.75 Å². The number of hydrogen-bond donors (Lipinski definition) is 0. The molecule has 0 spiro atoms. The van der Waals surface area contributed by atoms with Crippen LogP contribution in [0.4, 0.5) is 0 Å². The molecule has 1 amide bonds. The zero-order valence-electron chi connectivity index (χ0n) is 18.9. The predicted molar refractivity (Wildman–Crippen MR) is 123 cm³/mol. The molecule has 8 nitrogen and oxygen atoms in total. The molecule has 3 aromatic rings. The highest BCUT2D eigenvalue weighted by molar-refractivity contribution is 6.07. The number of oxime groups is 1. The minimum Gasteiger partial charge on any atom is -0.496 e. The molecule has 2 aromatic heterocycles. The van der Waals surface area contributed by atoms with Crippen LogP contribution in [0.5, 0.6) is 5.75 Å². The Morgan fingerprint density at radius 2 is 2.12 bits per heavy atom. The van der Waals surface area contributed by atoms with Gasteiger partial charge in [-0.1, -0.05) is 17.3 Å². The predicted octanol–water partition coefficient (Wildman–Crippen LogP) is 2.94. The quantitative estimate of drug-likeness (QED) is 0.600. The summed E-state index contributed by atoms with van der Waals surface area (Å²) in [5.41, 5.74) is 2.61. The number of methoxy groups -OCH3 is 1. The molecule has 0 radical (unpaired) electrons. The average molecular weight is 449 g/mol. The van der Waals surface area contributed by atoms with Gasteiger partial charge in [-0.3, -0.25) is 9.78 Å². The van der Waals surface area contributed by atoms with Crippen LogP contribution in [0.25, 0.3) is 5.52 Å². The number of para-hydroxylation sites is 1. The molecule has 2 atom stereocenters. The maximum absolute atomic E-state index is 13.6. The highest BCUT2D eigenvalue weighted by atomic mass is 16.7. The maximum Gasteiger partial charge on any atom is 0.269 e. The summed E-state index contributed by atoms with van der Waals surface area (Å²) >= 11 is 0. The van der Waals surface area contributed by atoms with Crippen molar-refractivity contribution in [3.05, 3.63) is 66.2 Å². The second-order valence-electron chi connectivity index (χ2n) is 8.81. The lowest BCUT2D eigenvalue weighted by Crippen LogP contribution is -2.49. The van der Waals surface area contributed by atoms with Crippen molar-refractivity contribution in [2.75, 3.05) is 33.4 Å². The largest absolute Gasteiger partial charge is 0.496 e. The highest BCUT2D eigenvalue weighted by Crippen LogP contribution is 2.32. The van der Waals surface area contributed by atoms with E-state index in [0.29, 0.717) is 38.5 Å². The normalized spacial score (nSPS) is 23.2. The van der Waals surface area contributed by atoms with Crippen LogP contribution in [0, 0.1) is 5.92 Å². The van der Waals surface area contributed by atoms with E-state index in [-0.39, 0.29) is 11.8 Å². The molecular formula is C25H28N4O4. The van der Waals surface area contributed by atoms with Crippen molar-refractivity contribution in [2.24, 2.45) is 11.1 Å². The Bertz CT molecular complexity index is 1190. The molecule has 8 heteroatoms. The Balaban J connectivity index is 1.30. The molecule has 1 fully saturated rings. The van der Waals surface area contributed by atoms with Gasteiger partial charge in [-0.25, -0.2) is 0 Å². The van der Waals surface area contributed by atoms with Crippen molar-refractivity contribution in [2.45, 2.75) is 25.4 Å². The van der Waals surface area contributed by atoms with E-state index in [1.54, 1.807) is 7.11 Å². The van der Waals surface area contributed by atoms with E-state index >= 15 is 0 Å². The number of amides is 1. The van der Waals surface area contributed by atoms with Crippen molar-refractivity contribution in [1.82, 2.24) is 14.3 Å². The Labute approximate surface area is 192 Å². The minimum absolute atomic E-state index is 0.0690. The van der Waals surface area contributed by atoms with Crippen LogP contribution < -0.4 is 4.74 Å². The number of aromatic nitrogens is 2. The van der Waals surface area contributed by atoms with Crippen molar-refractivity contribution in [3.63, 3.8) is 0 Å². The Morgan fingerprint density at radius 3 is 3.00 bits per heavy atom. The zero-order chi connectivity index (χ0) is 22.8. The molecule has 0 saturated carbocycles. The van der Waals surface area contributed by atoms with Crippen molar-refractivity contribution in [1.29, 1.82) is 0 Å². The third-order valence-corrected chi connectivity index (χ3v) is 6.37. The fourth-order valence-electron chi connectivity index (χ4n) is 4.67. The van der Waals surface area contributed by atoms with E-state index in [4.69, 9.17) is 14.3 Å². The molecule has 2 aliphatic rings. The Hall–Kier alpha value is -3.39.